The first-order chi connectivity index (χ1) is 10.8. The number of ether oxygens (including phenoxy) is 1. The molecule has 1 saturated heterocycles. The minimum absolute atomic E-state index is 0.113. The summed E-state index contributed by atoms with van der Waals surface area (Å²) in [6, 6.07) is 5.19. The number of nitrogens with one attached hydrogen (secondary N) is 1. The Morgan fingerprint density at radius 1 is 1.35 bits per heavy atom. The summed E-state index contributed by atoms with van der Waals surface area (Å²) in [4.78, 5) is 13.7. The number of likely N-dealkylation sites (tertiary alicyclic amines) is 1. The number of alkyl halides is 3. The highest BCUT2D eigenvalue weighted by atomic mass is 19.4. The Kier molecular flexibility index (Phi) is 5.51. The lowest BCUT2D eigenvalue weighted by molar-refractivity contribution is -0.148. The molecule has 0 aromatic heterocycles. The van der Waals surface area contributed by atoms with Crippen LogP contribution in [0.2, 0.25) is 0 Å². The van der Waals surface area contributed by atoms with Gasteiger partial charge < -0.3 is 10.1 Å². The quantitative estimate of drug-likeness (QED) is 0.923. The summed E-state index contributed by atoms with van der Waals surface area (Å²) in [7, 11) is 1.50. The molecule has 0 radical (unpaired) electrons. The highest BCUT2D eigenvalue weighted by Crippen LogP contribution is 2.22. The van der Waals surface area contributed by atoms with E-state index in [0.29, 0.717) is 37.2 Å². The molecular formula is C16H21F3N2O2. The third-order valence-corrected chi connectivity index (χ3v) is 3.93. The number of benzene rings is 1. The third kappa shape index (κ3) is 5.13. The maximum Gasteiger partial charge on any atom is 0.401 e. The van der Waals surface area contributed by atoms with Crippen molar-refractivity contribution in [3.63, 3.8) is 0 Å². The maximum atomic E-state index is 12.4. The normalized spacial score (nSPS) is 17.1. The van der Waals surface area contributed by atoms with Crippen LogP contribution in [0.3, 0.4) is 0 Å². The number of piperidine rings is 1. The summed E-state index contributed by atoms with van der Waals surface area (Å²) in [6.45, 7) is 1.67. The standard InChI is InChI=1S/C16H21F3N2O2/c1-11-3-4-13(14(9-11)23-2)15(22)20-12-5-7-21(8-6-12)10-16(17,18)19/h3-4,9,12H,5-8,10H2,1-2H3,(H,20,22). The predicted molar refractivity (Wildman–Crippen MR) is 80.7 cm³/mol. The molecule has 0 bridgehead atoms. The molecule has 0 atom stereocenters. The van der Waals surface area contributed by atoms with Crippen LogP contribution in [0.5, 0.6) is 5.75 Å². The van der Waals surface area contributed by atoms with Crippen molar-refractivity contribution in [2.45, 2.75) is 32.0 Å². The highest BCUT2D eigenvalue weighted by Gasteiger charge is 2.32. The second kappa shape index (κ2) is 7.21. The van der Waals surface area contributed by atoms with Crippen LogP contribution >= 0.6 is 0 Å². The van der Waals surface area contributed by atoms with Crippen LogP contribution in [0, 0.1) is 6.92 Å². The van der Waals surface area contributed by atoms with Gasteiger partial charge in [-0.2, -0.15) is 13.2 Å². The Labute approximate surface area is 133 Å². The SMILES string of the molecule is COc1cc(C)ccc1C(=O)NC1CCN(CC(F)(F)F)CC1. The van der Waals surface area contributed by atoms with Gasteiger partial charge in [0, 0.05) is 19.1 Å². The number of carbonyl (C=O) groups is 1. The van der Waals surface area contributed by atoms with Gasteiger partial charge in [0.1, 0.15) is 5.75 Å². The molecule has 1 amide bonds. The molecule has 1 aromatic rings. The monoisotopic (exact) mass is 330 g/mol. The van der Waals surface area contributed by atoms with E-state index in [-0.39, 0.29) is 11.9 Å². The first-order valence-electron chi connectivity index (χ1n) is 7.53. The smallest absolute Gasteiger partial charge is 0.401 e. The van der Waals surface area contributed by atoms with Gasteiger partial charge in [0.15, 0.2) is 0 Å². The average Bonchev–Trinajstić information content (AvgIpc) is 2.47. The lowest BCUT2D eigenvalue weighted by atomic mass is 10.0. The molecule has 1 N–H and O–H groups in total. The van der Waals surface area contributed by atoms with Gasteiger partial charge in [-0.3, -0.25) is 9.69 Å². The summed E-state index contributed by atoms with van der Waals surface area (Å²) in [5.74, 6) is 0.244. The van der Waals surface area contributed by atoms with E-state index in [1.54, 1.807) is 12.1 Å². The lowest BCUT2D eigenvalue weighted by Gasteiger charge is -2.32. The van der Waals surface area contributed by atoms with E-state index >= 15 is 0 Å². The topological polar surface area (TPSA) is 41.6 Å². The van der Waals surface area contributed by atoms with Crippen molar-refractivity contribution in [3.05, 3.63) is 29.3 Å². The van der Waals surface area contributed by atoms with E-state index in [2.05, 4.69) is 5.32 Å². The Hall–Kier alpha value is -1.76. The summed E-state index contributed by atoms with van der Waals surface area (Å²) in [5.41, 5.74) is 1.43. The number of aryl methyl sites for hydroxylation is 1. The van der Waals surface area contributed by atoms with Crippen LogP contribution in [-0.2, 0) is 0 Å². The first kappa shape index (κ1) is 17.6. The van der Waals surface area contributed by atoms with Crippen LogP contribution in [0.4, 0.5) is 13.2 Å². The largest absolute Gasteiger partial charge is 0.496 e. The molecule has 2 rings (SSSR count). The zero-order chi connectivity index (χ0) is 17.0. The molecule has 0 aliphatic carbocycles. The van der Waals surface area contributed by atoms with Crippen LogP contribution in [-0.4, -0.2) is 49.8 Å². The average molecular weight is 330 g/mol. The van der Waals surface area contributed by atoms with Gasteiger partial charge in [0.25, 0.3) is 5.91 Å². The van der Waals surface area contributed by atoms with E-state index in [0.717, 1.165) is 5.56 Å². The van der Waals surface area contributed by atoms with Gasteiger partial charge in [-0.15, -0.1) is 0 Å². The number of rotatable bonds is 4. The fraction of sp³-hybridized carbons (Fsp3) is 0.562. The van der Waals surface area contributed by atoms with Gasteiger partial charge in [-0.1, -0.05) is 6.07 Å². The van der Waals surface area contributed by atoms with E-state index in [4.69, 9.17) is 4.74 Å². The molecule has 1 aliphatic rings. The molecule has 1 heterocycles. The van der Waals surface area contributed by atoms with Crippen molar-refractivity contribution < 1.29 is 22.7 Å². The Balaban J connectivity index is 1.90. The second-order valence-electron chi connectivity index (χ2n) is 5.84. The third-order valence-electron chi connectivity index (χ3n) is 3.93. The van der Waals surface area contributed by atoms with Gasteiger partial charge in [0.2, 0.25) is 0 Å². The summed E-state index contributed by atoms with van der Waals surface area (Å²) in [5, 5.41) is 2.89. The molecule has 23 heavy (non-hydrogen) atoms. The number of methoxy groups -OCH3 is 1. The number of hydrogen-bond donors (Lipinski definition) is 1. The molecule has 1 aliphatic heterocycles. The van der Waals surface area contributed by atoms with Gasteiger partial charge in [0.05, 0.1) is 19.2 Å². The second-order valence-corrected chi connectivity index (χ2v) is 5.84. The van der Waals surface area contributed by atoms with E-state index in [1.165, 1.54) is 12.0 Å². The van der Waals surface area contributed by atoms with E-state index in [1.807, 2.05) is 13.0 Å². The Bertz CT molecular complexity index is 553. The molecule has 128 valence electrons. The van der Waals surface area contributed by atoms with Gasteiger partial charge in [-0.05, 0) is 37.5 Å². The fourth-order valence-electron chi connectivity index (χ4n) is 2.74. The van der Waals surface area contributed by atoms with Crippen molar-refractivity contribution in [1.82, 2.24) is 10.2 Å². The van der Waals surface area contributed by atoms with Gasteiger partial charge in [-0.25, -0.2) is 0 Å². The van der Waals surface area contributed by atoms with Crippen molar-refractivity contribution in [2.75, 3.05) is 26.7 Å². The number of hydrogen-bond acceptors (Lipinski definition) is 3. The van der Waals surface area contributed by atoms with Crippen molar-refractivity contribution in [2.24, 2.45) is 0 Å². The van der Waals surface area contributed by atoms with Crippen molar-refractivity contribution >= 4 is 5.91 Å². The number of carbonyl (C=O) groups excluding carboxylic acids is 1. The van der Waals surface area contributed by atoms with Crippen molar-refractivity contribution in [1.29, 1.82) is 0 Å². The molecule has 0 saturated carbocycles. The zero-order valence-corrected chi connectivity index (χ0v) is 13.2. The Morgan fingerprint density at radius 3 is 2.57 bits per heavy atom. The van der Waals surface area contributed by atoms with E-state index < -0.39 is 12.7 Å². The minimum atomic E-state index is -4.18. The zero-order valence-electron chi connectivity index (χ0n) is 13.2. The van der Waals surface area contributed by atoms with Crippen LogP contribution in [0.1, 0.15) is 28.8 Å². The predicted octanol–water partition coefficient (Wildman–Crippen LogP) is 2.76. The molecular weight excluding hydrogens is 309 g/mol. The lowest BCUT2D eigenvalue weighted by Crippen LogP contribution is -2.47. The van der Waals surface area contributed by atoms with Crippen LogP contribution < -0.4 is 10.1 Å². The highest BCUT2D eigenvalue weighted by molar-refractivity contribution is 5.97. The molecule has 0 spiro atoms. The fourth-order valence-corrected chi connectivity index (χ4v) is 2.74. The van der Waals surface area contributed by atoms with Crippen LogP contribution in [0.25, 0.3) is 0 Å². The summed E-state index contributed by atoms with van der Waals surface area (Å²) in [6.07, 6.45) is -3.16. The first-order valence-corrected chi connectivity index (χ1v) is 7.53. The molecule has 0 unspecified atom stereocenters. The summed E-state index contributed by atoms with van der Waals surface area (Å²) >= 11 is 0. The molecule has 1 aromatic carbocycles. The molecule has 4 nitrogen and oxygen atoms in total. The van der Waals surface area contributed by atoms with Crippen molar-refractivity contribution in [3.8, 4) is 5.75 Å². The Morgan fingerprint density at radius 2 is 2.00 bits per heavy atom. The summed E-state index contributed by atoms with van der Waals surface area (Å²) < 4.78 is 42.3. The van der Waals surface area contributed by atoms with E-state index in [9.17, 15) is 18.0 Å². The number of halogens is 3. The minimum Gasteiger partial charge on any atom is -0.496 e. The number of nitrogens with zero attached hydrogens (tertiary/aromatic N) is 1. The molecule has 7 heteroatoms. The number of amides is 1. The maximum absolute atomic E-state index is 12.4. The van der Waals surface area contributed by atoms with Crippen LogP contribution in [0.15, 0.2) is 18.2 Å². The van der Waals surface area contributed by atoms with Gasteiger partial charge >= 0.3 is 6.18 Å². The molecule has 1 fully saturated rings.